The molecule has 1 aromatic heterocycles. The predicted molar refractivity (Wildman–Crippen MR) is 229 cm³/mol. The number of benzene rings is 7. The normalized spacial score (nSPS) is 17.2. The van der Waals surface area contributed by atoms with Crippen LogP contribution < -0.4 is 10.1 Å². The highest BCUT2D eigenvalue weighted by atomic mass is 16.5. The molecule has 11 rings (SSSR count). The van der Waals surface area contributed by atoms with Crippen molar-refractivity contribution >= 4 is 33.5 Å². The number of nitrogens with zero attached hydrogens (tertiary/aromatic N) is 3. The third-order valence-corrected chi connectivity index (χ3v) is 11.2. The molecular formula is C51H36N4O. The fraction of sp³-hybridized carbons (Fsp3) is 0.0588. The first kappa shape index (κ1) is 32.2. The van der Waals surface area contributed by atoms with E-state index in [0.717, 1.165) is 62.0 Å². The highest BCUT2D eigenvalue weighted by molar-refractivity contribution is 6.16. The van der Waals surface area contributed by atoms with Gasteiger partial charge in [0.2, 0.25) is 0 Å². The van der Waals surface area contributed by atoms with E-state index in [-0.39, 0.29) is 12.0 Å². The Hall–Kier alpha value is -7.24. The van der Waals surface area contributed by atoms with Gasteiger partial charge in [-0.2, -0.15) is 0 Å². The number of rotatable bonds is 6. The highest BCUT2D eigenvalue weighted by Crippen LogP contribution is 2.47. The van der Waals surface area contributed by atoms with Gasteiger partial charge >= 0.3 is 0 Å². The molecule has 2 unspecified atom stereocenters. The molecule has 0 spiro atoms. The molecule has 1 aliphatic carbocycles. The van der Waals surface area contributed by atoms with Crippen molar-refractivity contribution in [1.82, 2.24) is 9.88 Å². The number of fused-ring (bicyclic) bond motifs is 6. The number of aromatic nitrogens is 1. The number of para-hydroxylation sites is 1. The number of hydrogen-bond acceptors (Lipinski definition) is 4. The van der Waals surface area contributed by atoms with E-state index in [2.05, 4.69) is 168 Å². The van der Waals surface area contributed by atoms with Gasteiger partial charge in [-0.25, -0.2) is 9.98 Å². The van der Waals surface area contributed by atoms with Crippen molar-refractivity contribution in [1.29, 1.82) is 0 Å². The van der Waals surface area contributed by atoms with Gasteiger partial charge in [0, 0.05) is 50.2 Å². The molecule has 56 heavy (non-hydrogen) atoms. The molecule has 0 amide bonds. The zero-order chi connectivity index (χ0) is 37.0. The molecule has 1 N–H and O–H groups in total. The number of allylic oxidation sites excluding steroid dienone is 2. The van der Waals surface area contributed by atoms with Gasteiger partial charge in [-0.3, -0.25) is 0 Å². The summed E-state index contributed by atoms with van der Waals surface area (Å²) >= 11 is 0. The van der Waals surface area contributed by atoms with E-state index in [4.69, 9.17) is 14.7 Å². The summed E-state index contributed by atoms with van der Waals surface area (Å²) in [6.45, 7) is 0. The van der Waals surface area contributed by atoms with Crippen LogP contribution in [-0.4, -0.2) is 22.3 Å². The van der Waals surface area contributed by atoms with Crippen LogP contribution in [0.25, 0.3) is 49.7 Å². The van der Waals surface area contributed by atoms with E-state index in [1.54, 1.807) is 0 Å². The van der Waals surface area contributed by atoms with Gasteiger partial charge in [-0.1, -0.05) is 152 Å². The number of aliphatic imine (C=N–C) groups is 2. The lowest BCUT2D eigenvalue weighted by atomic mass is 9.90. The zero-order valence-electron chi connectivity index (χ0n) is 30.5. The van der Waals surface area contributed by atoms with Gasteiger partial charge in [0.05, 0.1) is 11.0 Å². The Balaban J connectivity index is 1.07. The van der Waals surface area contributed by atoms with Crippen molar-refractivity contribution in [2.45, 2.75) is 18.2 Å². The molecule has 2 aliphatic heterocycles. The molecule has 0 saturated heterocycles. The van der Waals surface area contributed by atoms with Crippen LogP contribution in [0, 0.1) is 0 Å². The maximum Gasteiger partial charge on any atom is 0.169 e. The van der Waals surface area contributed by atoms with Gasteiger partial charge in [-0.15, -0.1) is 0 Å². The first-order chi connectivity index (χ1) is 27.7. The number of nitrogens with one attached hydrogen (secondary N) is 1. The van der Waals surface area contributed by atoms with Crippen LogP contribution in [0.2, 0.25) is 0 Å². The molecule has 5 heteroatoms. The minimum atomic E-state index is -0.431. The molecule has 8 aromatic rings. The Morgan fingerprint density at radius 1 is 0.500 bits per heavy atom. The Bertz CT molecular complexity index is 2870. The van der Waals surface area contributed by atoms with E-state index in [1.807, 2.05) is 36.4 Å². The van der Waals surface area contributed by atoms with Gasteiger partial charge in [0.25, 0.3) is 0 Å². The zero-order valence-corrected chi connectivity index (χ0v) is 30.5. The maximum absolute atomic E-state index is 6.62. The number of ether oxygens (including phenoxy) is 1. The van der Waals surface area contributed by atoms with Crippen LogP contribution in [0.3, 0.4) is 0 Å². The quantitative estimate of drug-likeness (QED) is 0.186. The third kappa shape index (κ3) is 5.47. The van der Waals surface area contributed by atoms with Crippen molar-refractivity contribution < 1.29 is 4.74 Å². The lowest BCUT2D eigenvalue weighted by molar-refractivity contribution is 0.270. The fourth-order valence-electron chi connectivity index (χ4n) is 8.48. The average Bonchev–Trinajstić information content (AvgIpc) is 3.82. The predicted octanol–water partition coefficient (Wildman–Crippen LogP) is 11.6. The van der Waals surface area contributed by atoms with Crippen LogP contribution in [0.4, 0.5) is 0 Å². The summed E-state index contributed by atoms with van der Waals surface area (Å²) < 4.78 is 9.00. The molecule has 5 nitrogen and oxygen atoms in total. The molecule has 0 radical (unpaired) electrons. The third-order valence-electron chi connectivity index (χ3n) is 11.2. The Labute approximate surface area is 325 Å². The van der Waals surface area contributed by atoms with Crippen LogP contribution in [-0.2, 0) is 0 Å². The molecule has 3 heterocycles. The molecule has 3 aliphatic rings. The molecular weight excluding hydrogens is 685 g/mol. The van der Waals surface area contributed by atoms with Gasteiger partial charge in [0.1, 0.15) is 23.5 Å². The molecule has 0 fully saturated rings. The molecule has 2 atom stereocenters. The summed E-state index contributed by atoms with van der Waals surface area (Å²) in [5.74, 6) is 2.82. The number of amidine groups is 2. The first-order valence-electron chi connectivity index (χ1n) is 19.2. The molecule has 7 aromatic carbocycles. The summed E-state index contributed by atoms with van der Waals surface area (Å²) in [6, 6.07) is 60.1. The maximum atomic E-state index is 6.62. The smallest absolute Gasteiger partial charge is 0.169 e. The van der Waals surface area contributed by atoms with E-state index >= 15 is 0 Å². The van der Waals surface area contributed by atoms with E-state index in [1.165, 1.54) is 27.5 Å². The monoisotopic (exact) mass is 720 g/mol. The van der Waals surface area contributed by atoms with Crippen molar-refractivity contribution in [3.63, 3.8) is 0 Å². The van der Waals surface area contributed by atoms with Crippen molar-refractivity contribution in [3.05, 3.63) is 216 Å². The summed E-state index contributed by atoms with van der Waals surface area (Å²) in [4.78, 5) is 10.4. The second-order valence-corrected chi connectivity index (χ2v) is 14.5. The minimum absolute atomic E-state index is 0.0312. The van der Waals surface area contributed by atoms with Crippen molar-refractivity contribution in [2.75, 3.05) is 0 Å². The Morgan fingerprint density at radius 2 is 1.11 bits per heavy atom. The summed E-state index contributed by atoms with van der Waals surface area (Å²) in [6.07, 6.45) is 8.22. The van der Waals surface area contributed by atoms with Gasteiger partial charge in [-0.05, 0) is 59.2 Å². The second-order valence-electron chi connectivity index (χ2n) is 14.5. The summed E-state index contributed by atoms with van der Waals surface area (Å²) in [5, 5.41) is 5.90. The van der Waals surface area contributed by atoms with Crippen molar-refractivity contribution in [2.24, 2.45) is 9.98 Å². The van der Waals surface area contributed by atoms with Gasteiger partial charge < -0.3 is 14.6 Å². The van der Waals surface area contributed by atoms with Crippen LogP contribution in [0.1, 0.15) is 34.3 Å². The molecule has 0 bridgehead atoms. The first-order valence-corrected chi connectivity index (χ1v) is 19.2. The standard InChI is InChI=1S/C51H36N4O/c1-4-14-33(15-5-1)36-26-28-45-43(31-36)44-32-37(40-23-13-24-42-41-22-10-11-25-47(41)56-48(40)42)27-29-46(44)55(45)39-21-12-20-38(30-39)51-53-49(34-16-6-2-7-17-34)52-50(54-51)35-18-8-3-9-19-35/h1-32,41,47,51H,(H,52,53,54). The van der Waals surface area contributed by atoms with E-state index in [9.17, 15) is 0 Å². The molecule has 266 valence electrons. The van der Waals surface area contributed by atoms with Crippen LogP contribution in [0.15, 0.2) is 204 Å². The van der Waals surface area contributed by atoms with E-state index < -0.39 is 6.17 Å². The summed E-state index contributed by atoms with van der Waals surface area (Å²) in [7, 11) is 0. The van der Waals surface area contributed by atoms with Crippen molar-refractivity contribution in [3.8, 4) is 33.7 Å². The van der Waals surface area contributed by atoms with E-state index in [0.29, 0.717) is 0 Å². The van der Waals surface area contributed by atoms with Crippen LogP contribution in [0.5, 0.6) is 5.75 Å². The highest BCUT2D eigenvalue weighted by Gasteiger charge is 2.34. The van der Waals surface area contributed by atoms with Crippen LogP contribution >= 0.6 is 0 Å². The summed E-state index contributed by atoms with van der Waals surface area (Å²) in [5.41, 5.74) is 12.2. The topological polar surface area (TPSA) is 50.9 Å². The molecule has 0 saturated carbocycles. The SMILES string of the molecule is C1=CC2Oc3c(-c4ccc5c(c4)c4cc(-c6ccccc6)ccc4n5-c4cccc(C5N=C(c6ccccc6)NC(c6ccccc6)=N5)c4)cccc3C2C=C1. The second kappa shape index (κ2) is 13.3. The Kier molecular flexibility index (Phi) is 7.62. The largest absolute Gasteiger partial charge is 0.484 e. The lowest BCUT2D eigenvalue weighted by Gasteiger charge is -2.22. The average molecular weight is 721 g/mol. The fourth-order valence-corrected chi connectivity index (χ4v) is 8.48. The van der Waals surface area contributed by atoms with Gasteiger partial charge in [0.15, 0.2) is 6.17 Å². The Morgan fingerprint density at radius 3 is 1.80 bits per heavy atom. The number of hydrogen-bond donors (Lipinski definition) is 1. The lowest BCUT2D eigenvalue weighted by Crippen LogP contribution is -2.36. The minimum Gasteiger partial charge on any atom is -0.484 e.